The molecule has 0 saturated carbocycles. The number of hydrogen-bond donors (Lipinski definition) is 0. The molecule has 0 amide bonds. The second-order valence-corrected chi connectivity index (χ2v) is 2.96. The van der Waals surface area contributed by atoms with Crippen molar-refractivity contribution in [2.45, 2.75) is 33.0 Å². The van der Waals surface area contributed by atoms with Crippen LogP contribution in [0.2, 0.25) is 0 Å². The van der Waals surface area contributed by atoms with Crippen LogP contribution in [0.15, 0.2) is 0 Å². The molecule has 0 aromatic rings. The van der Waals surface area contributed by atoms with E-state index in [2.05, 4.69) is 0 Å². The molecule has 0 saturated heterocycles. The highest BCUT2D eigenvalue weighted by Crippen LogP contribution is 2.14. The third-order valence-electron chi connectivity index (χ3n) is 2.13. The largest absolute Gasteiger partial charge is 0.355 e. The second kappa shape index (κ2) is 6.68. The van der Waals surface area contributed by atoms with E-state index in [1.54, 1.807) is 13.8 Å². The molecule has 0 rings (SSSR count). The van der Waals surface area contributed by atoms with Gasteiger partial charge in [0.15, 0.2) is 6.29 Å². The van der Waals surface area contributed by atoms with Crippen molar-refractivity contribution in [1.82, 2.24) is 0 Å². The van der Waals surface area contributed by atoms with E-state index in [1.165, 1.54) is 14.2 Å². The fraction of sp³-hybridized carbons (Fsp3) is 0.800. The molecule has 4 heteroatoms. The zero-order chi connectivity index (χ0) is 11.1. The van der Waals surface area contributed by atoms with Crippen molar-refractivity contribution in [3.63, 3.8) is 0 Å². The fourth-order valence-corrected chi connectivity index (χ4v) is 1.29. The van der Waals surface area contributed by atoms with Crippen LogP contribution < -0.4 is 0 Å². The second-order valence-electron chi connectivity index (χ2n) is 2.96. The third kappa shape index (κ3) is 3.20. The predicted molar refractivity (Wildman–Crippen MR) is 51.9 cm³/mol. The van der Waals surface area contributed by atoms with Gasteiger partial charge in [-0.3, -0.25) is 9.59 Å². The standard InChI is InChI=1S/C10H18O4/c1-5-7(11)9(8(12)6-2)10(13-3)14-4/h9-10H,5-6H2,1-4H3. The Bertz CT molecular complexity index is 180. The number of hydrogen-bond acceptors (Lipinski definition) is 4. The van der Waals surface area contributed by atoms with Gasteiger partial charge in [0, 0.05) is 27.1 Å². The maximum atomic E-state index is 11.5. The maximum Gasteiger partial charge on any atom is 0.173 e. The predicted octanol–water partition coefficient (Wildman–Crippen LogP) is 1.18. The molecule has 0 aliphatic rings. The first-order valence-corrected chi connectivity index (χ1v) is 4.73. The minimum absolute atomic E-state index is 0.134. The van der Waals surface area contributed by atoms with Crippen molar-refractivity contribution in [3.05, 3.63) is 0 Å². The first-order chi connectivity index (χ1) is 6.62. The van der Waals surface area contributed by atoms with Crippen LogP contribution in [0.4, 0.5) is 0 Å². The number of carbonyl (C=O) groups excluding carboxylic acids is 2. The van der Waals surface area contributed by atoms with Gasteiger partial charge in [-0.15, -0.1) is 0 Å². The summed E-state index contributed by atoms with van der Waals surface area (Å²) in [4.78, 5) is 23.0. The van der Waals surface area contributed by atoms with E-state index in [0.717, 1.165) is 0 Å². The third-order valence-corrected chi connectivity index (χ3v) is 2.13. The SMILES string of the molecule is CCC(=O)C(C(=O)CC)C(OC)OC. The summed E-state index contributed by atoms with van der Waals surface area (Å²) in [7, 11) is 2.85. The number of Topliss-reactive ketones (excluding diaryl/α,β-unsaturated/α-hetero) is 2. The summed E-state index contributed by atoms with van der Waals surface area (Å²) in [5.74, 6) is -1.05. The first kappa shape index (κ1) is 13.3. The molecule has 0 fully saturated rings. The molecule has 0 unspecified atom stereocenters. The van der Waals surface area contributed by atoms with Gasteiger partial charge in [-0.2, -0.15) is 0 Å². The van der Waals surface area contributed by atoms with Crippen molar-refractivity contribution in [1.29, 1.82) is 0 Å². The molecular formula is C10H18O4. The molecule has 0 heterocycles. The molecule has 4 nitrogen and oxygen atoms in total. The summed E-state index contributed by atoms with van der Waals surface area (Å²) in [6, 6.07) is 0. The number of ketones is 2. The fourth-order valence-electron chi connectivity index (χ4n) is 1.29. The van der Waals surface area contributed by atoms with E-state index < -0.39 is 12.2 Å². The normalized spacial score (nSPS) is 11.0. The molecule has 0 radical (unpaired) electrons. The monoisotopic (exact) mass is 202 g/mol. The van der Waals surface area contributed by atoms with Crippen LogP contribution in [0.3, 0.4) is 0 Å². The smallest absolute Gasteiger partial charge is 0.173 e. The van der Waals surface area contributed by atoms with E-state index >= 15 is 0 Å². The lowest BCUT2D eigenvalue weighted by Gasteiger charge is -2.21. The van der Waals surface area contributed by atoms with Crippen LogP contribution in [0.25, 0.3) is 0 Å². The van der Waals surface area contributed by atoms with Gasteiger partial charge in [-0.25, -0.2) is 0 Å². The lowest BCUT2D eigenvalue weighted by Crippen LogP contribution is -2.37. The summed E-state index contributed by atoms with van der Waals surface area (Å²) in [6.45, 7) is 3.45. The van der Waals surface area contributed by atoms with E-state index in [-0.39, 0.29) is 11.6 Å². The van der Waals surface area contributed by atoms with Gasteiger partial charge in [0.1, 0.15) is 17.5 Å². The van der Waals surface area contributed by atoms with Crippen LogP contribution in [-0.4, -0.2) is 32.1 Å². The number of methoxy groups -OCH3 is 2. The Balaban J connectivity index is 4.69. The molecule has 0 aliphatic heterocycles. The Kier molecular flexibility index (Phi) is 6.32. The van der Waals surface area contributed by atoms with Gasteiger partial charge < -0.3 is 9.47 Å². The number of ether oxygens (including phenoxy) is 2. The van der Waals surface area contributed by atoms with Gasteiger partial charge >= 0.3 is 0 Å². The van der Waals surface area contributed by atoms with Crippen LogP contribution in [0.5, 0.6) is 0 Å². The average molecular weight is 202 g/mol. The van der Waals surface area contributed by atoms with Crippen molar-refractivity contribution in [2.75, 3.05) is 14.2 Å². The highest BCUT2D eigenvalue weighted by molar-refractivity contribution is 6.02. The molecule has 0 bridgehead atoms. The Morgan fingerprint density at radius 1 is 1.00 bits per heavy atom. The summed E-state index contributed by atoms with van der Waals surface area (Å²) in [5, 5.41) is 0. The quantitative estimate of drug-likeness (QED) is 0.459. The highest BCUT2D eigenvalue weighted by Gasteiger charge is 2.32. The van der Waals surface area contributed by atoms with Crippen molar-refractivity contribution >= 4 is 11.6 Å². The van der Waals surface area contributed by atoms with Crippen LogP contribution in [0.1, 0.15) is 26.7 Å². The van der Waals surface area contributed by atoms with E-state index in [9.17, 15) is 9.59 Å². The molecule has 0 aromatic heterocycles. The summed E-state index contributed by atoms with van der Waals surface area (Å²) >= 11 is 0. The number of rotatable bonds is 7. The topological polar surface area (TPSA) is 52.6 Å². The Labute approximate surface area is 84.6 Å². The van der Waals surface area contributed by atoms with E-state index in [4.69, 9.17) is 9.47 Å². The summed E-state index contributed by atoms with van der Waals surface area (Å²) in [5.41, 5.74) is 0. The Hall–Kier alpha value is -0.740. The van der Waals surface area contributed by atoms with Gasteiger partial charge in [-0.1, -0.05) is 13.8 Å². The lowest BCUT2D eigenvalue weighted by molar-refractivity contribution is -0.164. The molecule has 0 atom stereocenters. The molecule has 0 aromatic carbocycles. The van der Waals surface area contributed by atoms with Gasteiger partial charge in [0.05, 0.1) is 0 Å². The van der Waals surface area contributed by atoms with Crippen LogP contribution >= 0.6 is 0 Å². The minimum atomic E-state index is -0.778. The van der Waals surface area contributed by atoms with Crippen molar-refractivity contribution < 1.29 is 19.1 Å². The van der Waals surface area contributed by atoms with E-state index in [0.29, 0.717) is 12.8 Å². The molecule has 14 heavy (non-hydrogen) atoms. The molecule has 0 spiro atoms. The number of carbonyl (C=O) groups is 2. The van der Waals surface area contributed by atoms with Gasteiger partial charge in [0.2, 0.25) is 0 Å². The molecule has 0 aliphatic carbocycles. The maximum absolute atomic E-state index is 11.5. The zero-order valence-electron chi connectivity index (χ0n) is 9.20. The zero-order valence-corrected chi connectivity index (χ0v) is 9.20. The van der Waals surface area contributed by atoms with Crippen molar-refractivity contribution in [2.24, 2.45) is 5.92 Å². The highest BCUT2D eigenvalue weighted by atomic mass is 16.7. The molecule has 82 valence electrons. The minimum Gasteiger partial charge on any atom is -0.355 e. The van der Waals surface area contributed by atoms with Crippen molar-refractivity contribution in [3.8, 4) is 0 Å². The van der Waals surface area contributed by atoms with E-state index in [1.807, 2.05) is 0 Å². The van der Waals surface area contributed by atoms with Crippen LogP contribution in [-0.2, 0) is 19.1 Å². The first-order valence-electron chi connectivity index (χ1n) is 4.73. The lowest BCUT2D eigenvalue weighted by atomic mass is 9.95. The van der Waals surface area contributed by atoms with Gasteiger partial charge in [0.25, 0.3) is 0 Å². The summed E-state index contributed by atoms with van der Waals surface area (Å²) in [6.07, 6.45) is -0.117. The Morgan fingerprint density at radius 2 is 1.36 bits per heavy atom. The van der Waals surface area contributed by atoms with Gasteiger partial charge in [-0.05, 0) is 0 Å². The van der Waals surface area contributed by atoms with Crippen LogP contribution in [0, 0.1) is 5.92 Å². The molecular weight excluding hydrogens is 184 g/mol. The Morgan fingerprint density at radius 3 is 1.57 bits per heavy atom. The molecule has 0 N–H and O–H groups in total. The average Bonchev–Trinajstić information content (AvgIpc) is 2.23. The summed E-state index contributed by atoms with van der Waals surface area (Å²) < 4.78 is 9.89.